The van der Waals surface area contributed by atoms with Gasteiger partial charge in [-0.05, 0) is 55.8 Å². The summed E-state index contributed by atoms with van der Waals surface area (Å²) in [5.41, 5.74) is 1.58. The van der Waals surface area contributed by atoms with Gasteiger partial charge in [-0.25, -0.2) is 0 Å². The molecule has 0 heterocycles. The molecule has 4 heteroatoms. The number of benzene rings is 2. The number of carbonyl (C=O) groups is 1. The first-order valence-electron chi connectivity index (χ1n) is 6.68. The average molecular weight is 302 g/mol. The molecule has 110 valence electrons. The van der Waals surface area contributed by atoms with Gasteiger partial charge in [0.2, 0.25) is 0 Å². The number of methoxy groups -OCH3 is 1. The Morgan fingerprint density at radius 2 is 1.81 bits per heavy atom. The quantitative estimate of drug-likeness (QED) is 0.795. The van der Waals surface area contributed by atoms with Crippen molar-refractivity contribution in [2.24, 2.45) is 0 Å². The Balaban J connectivity index is 2.20. The predicted octanol–water partition coefficient (Wildman–Crippen LogP) is 3.38. The Hall–Kier alpha value is -1.94. The maximum atomic E-state index is 12.5. The zero-order valence-electron chi connectivity index (χ0n) is 12.3. The summed E-state index contributed by atoms with van der Waals surface area (Å²) in [6.45, 7) is 3.64. The van der Waals surface area contributed by atoms with Crippen LogP contribution < -0.4 is 4.74 Å². The Bertz CT molecular complexity index is 662. The van der Waals surface area contributed by atoms with E-state index in [2.05, 4.69) is 0 Å². The van der Waals surface area contributed by atoms with Crippen LogP contribution in [0.2, 0.25) is 0 Å². The standard InChI is InChI=1S/C17H18O3S/c1-12-5-4-6-16(11-12)21(19)13(2)17(18)14-7-9-15(20-3)10-8-14/h4-11,13H,1-3H3. The molecule has 2 aromatic rings. The van der Waals surface area contributed by atoms with Gasteiger partial charge in [-0.2, -0.15) is 0 Å². The summed E-state index contributed by atoms with van der Waals surface area (Å²) in [5, 5.41) is -0.583. The van der Waals surface area contributed by atoms with Crippen molar-refractivity contribution in [2.45, 2.75) is 24.0 Å². The Morgan fingerprint density at radius 3 is 2.38 bits per heavy atom. The van der Waals surface area contributed by atoms with Gasteiger partial charge in [-0.1, -0.05) is 12.1 Å². The summed E-state index contributed by atoms with van der Waals surface area (Å²) in [4.78, 5) is 13.1. The van der Waals surface area contributed by atoms with E-state index in [-0.39, 0.29) is 5.78 Å². The van der Waals surface area contributed by atoms with Gasteiger partial charge < -0.3 is 4.74 Å². The number of ether oxygens (including phenoxy) is 1. The number of rotatable bonds is 5. The van der Waals surface area contributed by atoms with Crippen LogP contribution in [0.4, 0.5) is 0 Å². The van der Waals surface area contributed by atoms with Crippen LogP contribution in [0.5, 0.6) is 5.75 Å². The van der Waals surface area contributed by atoms with Gasteiger partial charge in [-0.15, -0.1) is 0 Å². The van der Waals surface area contributed by atoms with Crippen LogP contribution >= 0.6 is 0 Å². The van der Waals surface area contributed by atoms with Crippen LogP contribution in [0, 0.1) is 6.92 Å². The summed E-state index contributed by atoms with van der Waals surface area (Å²) < 4.78 is 17.6. The van der Waals surface area contributed by atoms with Crippen LogP contribution in [0.1, 0.15) is 22.8 Å². The van der Waals surface area contributed by atoms with Crippen LogP contribution in [-0.4, -0.2) is 22.4 Å². The third kappa shape index (κ3) is 3.58. The lowest BCUT2D eigenvalue weighted by atomic mass is 10.1. The van der Waals surface area contributed by atoms with Crippen molar-refractivity contribution in [3.8, 4) is 5.75 Å². The van der Waals surface area contributed by atoms with Crippen LogP contribution in [-0.2, 0) is 10.8 Å². The molecule has 0 amide bonds. The van der Waals surface area contributed by atoms with E-state index in [1.165, 1.54) is 0 Å². The normalized spacial score (nSPS) is 13.5. The Morgan fingerprint density at radius 1 is 1.14 bits per heavy atom. The van der Waals surface area contributed by atoms with Gasteiger partial charge in [0.25, 0.3) is 0 Å². The van der Waals surface area contributed by atoms with E-state index in [1.807, 2.05) is 25.1 Å². The highest BCUT2D eigenvalue weighted by Crippen LogP contribution is 2.18. The molecule has 0 aliphatic carbocycles. The van der Waals surface area contributed by atoms with Crippen molar-refractivity contribution in [1.82, 2.24) is 0 Å². The van der Waals surface area contributed by atoms with Crippen LogP contribution in [0.25, 0.3) is 0 Å². The SMILES string of the molecule is COc1ccc(C(=O)C(C)S(=O)c2cccc(C)c2)cc1. The highest BCUT2D eigenvalue weighted by molar-refractivity contribution is 7.86. The van der Waals surface area contributed by atoms with Gasteiger partial charge in [0.05, 0.1) is 23.2 Å². The first kappa shape index (κ1) is 15.4. The summed E-state index contributed by atoms with van der Waals surface area (Å²) >= 11 is 0. The maximum absolute atomic E-state index is 12.5. The predicted molar refractivity (Wildman–Crippen MR) is 84.4 cm³/mol. The Kier molecular flexibility index (Phi) is 4.91. The molecule has 2 atom stereocenters. The summed E-state index contributed by atoms with van der Waals surface area (Å²) in [7, 11) is 0.219. The number of Topliss-reactive ketones (excluding diaryl/α,β-unsaturated/α-hetero) is 1. The Labute approximate surface area is 127 Å². The number of aryl methyl sites for hydroxylation is 1. The fourth-order valence-corrected chi connectivity index (χ4v) is 3.29. The molecule has 0 N–H and O–H groups in total. The molecule has 0 aliphatic rings. The van der Waals surface area contributed by atoms with E-state index < -0.39 is 16.0 Å². The van der Waals surface area contributed by atoms with Crippen molar-refractivity contribution >= 4 is 16.6 Å². The van der Waals surface area contributed by atoms with Crippen molar-refractivity contribution in [3.05, 3.63) is 59.7 Å². The molecule has 0 radical (unpaired) electrons. The second-order valence-corrected chi connectivity index (χ2v) is 6.62. The smallest absolute Gasteiger partial charge is 0.178 e. The number of hydrogen-bond acceptors (Lipinski definition) is 3. The lowest BCUT2D eigenvalue weighted by Crippen LogP contribution is -2.22. The number of carbonyl (C=O) groups excluding carboxylic acids is 1. The second kappa shape index (κ2) is 6.68. The summed E-state index contributed by atoms with van der Waals surface area (Å²) in [6.07, 6.45) is 0. The fourth-order valence-electron chi connectivity index (χ4n) is 2.03. The maximum Gasteiger partial charge on any atom is 0.178 e. The summed E-state index contributed by atoms with van der Waals surface area (Å²) in [5.74, 6) is 0.566. The highest BCUT2D eigenvalue weighted by atomic mass is 32.2. The number of hydrogen-bond donors (Lipinski definition) is 0. The van der Waals surface area contributed by atoms with E-state index in [1.54, 1.807) is 44.4 Å². The van der Waals surface area contributed by atoms with E-state index in [0.717, 1.165) is 5.56 Å². The largest absolute Gasteiger partial charge is 0.497 e. The molecule has 0 saturated heterocycles. The lowest BCUT2D eigenvalue weighted by molar-refractivity contribution is 0.0992. The first-order valence-corrected chi connectivity index (χ1v) is 7.89. The molecular formula is C17H18O3S. The van der Waals surface area contributed by atoms with Crippen molar-refractivity contribution < 1.29 is 13.7 Å². The molecule has 2 rings (SSSR count). The minimum absolute atomic E-state index is 0.127. The van der Waals surface area contributed by atoms with Gasteiger partial charge in [0.15, 0.2) is 5.78 Å². The first-order chi connectivity index (χ1) is 10.0. The minimum atomic E-state index is -1.36. The molecule has 0 spiro atoms. The average Bonchev–Trinajstić information content (AvgIpc) is 2.53. The van der Waals surface area contributed by atoms with Crippen LogP contribution in [0.3, 0.4) is 0 Å². The highest BCUT2D eigenvalue weighted by Gasteiger charge is 2.22. The number of ketones is 1. The molecule has 3 nitrogen and oxygen atoms in total. The molecule has 2 aromatic carbocycles. The third-order valence-electron chi connectivity index (χ3n) is 3.29. The van der Waals surface area contributed by atoms with E-state index in [9.17, 15) is 9.00 Å². The minimum Gasteiger partial charge on any atom is -0.497 e. The zero-order valence-corrected chi connectivity index (χ0v) is 13.1. The van der Waals surface area contributed by atoms with E-state index in [4.69, 9.17) is 4.74 Å². The van der Waals surface area contributed by atoms with E-state index in [0.29, 0.717) is 16.2 Å². The zero-order chi connectivity index (χ0) is 15.4. The van der Waals surface area contributed by atoms with Crippen molar-refractivity contribution in [1.29, 1.82) is 0 Å². The second-order valence-electron chi connectivity index (χ2n) is 4.85. The fraction of sp³-hybridized carbons (Fsp3) is 0.235. The van der Waals surface area contributed by atoms with Gasteiger partial charge in [-0.3, -0.25) is 9.00 Å². The topological polar surface area (TPSA) is 43.4 Å². The molecule has 0 bridgehead atoms. The third-order valence-corrected chi connectivity index (χ3v) is 4.86. The summed E-state index contributed by atoms with van der Waals surface area (Å²) in [6, 6.07) is 14.3. The molecule has 21 heavy (non-hydrogen) atoms. The van der Waals surface area contributed by atoms with Crippen molar-refractivity contribution in [2.75, 3.05) is 7.11 Å². The van der Waals surface area contributed by atoms with E-state index >= 15 is 0 Å². The van der Waals surface area contributed by atoms with Crippen molar-refractivity contribution in [3.63, 3.8) is 0 Å². The molecular weight excluding hydrogens is 284 g/mol. The molecule has 0 aromatic heterocycles. The molecule has 2 unspecified atom stereocenters. The van der Waals surface area contributed by atoms with Gasteiger partial charge in [0, 0.05) is 10.5 Å². The monoisotopic (exact) mass is 302 g/mol. The molecule has 0 saturated carbocycles. The molecule has 0 fully saturated rings. The lowest BCUT2D eigenvalue weighted by Gasteiger charge is -2.11. The van der Waals surface area contributed by atoms with Gasteiger partial charge in [0.1, 0.15) is 5.75 Å². The molecule has 0 aliphatic heterocycles. The van der Waals surface area contributed by atoms with Gasteiger partial charge >= 0.3 is 0 Å². The van der Waals surface area contributed by atoms with Crippen LogP contribution in [0.15, 0.2) is 53.4 Å².